The highest BCUT2D eigenvalue weighted by molar-refractivity contribution is 7.99. The van der Waals surface area contributed by atoms with Crippen LogP contribution < -0.4 is 5.32 Å². The minimum atomic E-state index is 0.00884. The molecule has 1 aliphatic rings. The first kappa shape index (κ1) is 21.6. The number of aromatic nitrogens is 3. The maximum absolute atomic E-state index is 12.5. The minimum Gasteiger partial charge on any atom is -0.507 e. The van der Waals surface area contributed by atoms with E-state index in [2.05, 4.69) is 15.5 Å². The molecule has 2 heterocycles. The van der Waals surface area contributed by atoms with Crippen molar-refractivity contribution < 1.29 is 14.3 Å². The Hall–Kier alpha value is -3.26. The fourth-order valence-corrected chi connectivity index (χ4v) is 5.10. The number of hydrogen-bond acceptors (Lipinski definition) is 6. The van der Waals surface area contributed by atoms with Crippen molar-refractivity contribution in [3.8, 4) is 17.1 Å². The maximum atomic E-state index is 12.5. The van der Waals surface area contributed by atoms with Gasteiger partial charge in [0.05, 0.1) is 24.1 Å². The highest BCUT2D eigenvalue weighted by Crippen LogP contribution is 2.34. The first-order valence-electron chi connectivity index (χ1n) is 11.3. The predicted octanol–water partition coefficient (Wildman–Crippen LogP) is 4.99. The van der Waals surface area contributed by atoms with Gasteiger partial charge in [-0.2, -0.15) is 0 Å². The molecule has 0 atom stereocenters. The summed E-state index contributed by atoms with van der Waals surface area (Å²) in [6, 6.07) is 15.5. The van der Waals surface area contributed by atoms with Crippen LogP contribution in [0.15, 0.2) is 64.4 Å². The molecule has 8 heteroatoms. The molecular formula is C25H26N4O3S. The Morgan fingerprint density at radius 1 is 1.09 bits per heavy atom. The molecule has 4 aromatic rings. The number of nitrogens with one attached hydrogen (secondary N) is 1. The summed E-state index contributed by atoms with van der Waals surface area (Å²) in [5.41, 5.74) is 0.589. The monoisotopic (exact) mass is 462 g/mol. The van der Waals surface area contributed by atoms with Crippen molar-refractivity contribution in [1.29, 1.82) is 0 Å². The van der Waals surface area contributed by atoms with E-state index in [4.69, 9.17) is 4.42 Å². The highest BCUT2D eigenvalue weighted by Gasteiger charge is 2.21. The van der Waals surface area contributed by atoms with Gasteiger partial charge in [0.1, 0.15) is 11.5 Å². The summed E-state index contributed by atoms with van der Waals surface area (Å²) in [6.07, 6.45) is 7.33. The molecule has 1 aliphatic carbocycles. The lowest BCUT2D eigenvalue weighted by molar-refractivity contribution is -0.119. The van der Waals surface area contributed by atoms with Crippen molar-refractivity contribution in [2.24, 2.45) is 0 Å². The zero-order chi connectivity index (χ0) is 22.6. The van der Waals surface area contributed by atoms with Crippen LogP contribution in [0.3, 0.4) is 0 Å². The van der Waals surface area contributed by atoms with Crippen molar-refractivity contribution in [3.63, 3.8) is 0 Å². The number of hydrogen-bond donors (Lipinski definition) is 2. The summed E-state index contributed by atoms with van der Waals surface area (Å²) in [5, 5.41) is 25.2. The van der Waals surface area contributed by atoms with Crippen molar-refractivity contribution in [2.75, 3.05) is 5.75 Å². The fourth-order valence-electron chi connectivity index (χ4n) is 4.35. The number of aromatic hydroxyl groups is 1. The van der Waals surface area contributed by atoms with Crippen LogP contribution in [0.2, 0.25) is 0 Å². The van der Waals surface area contributed by atoms with E-state index in [1.54, 1.807) is 12.3 Å². The average molecular weight is 463 g/mol. The molecule has 0 bridgehead atoms. The molecule has 2 aromatic carbocycles. The number of nitrogens with zero attached hydrogens (tertiary/aromatic N) is 3. The predicted molar refractivity (Wildman–Crippen MR) is 128 cm³/mol. The Morgan fingerprint density at radius 2 is 1.88 bits per heavy atom. The van der Waals surface area contributed by atoms with Crippen LogP contribution >= 0.6 is 11.8 Å². The molecule has 1 fully saturated rings. The van der Waals surface area contributed by atoms with Crippen molar-refractivity contribution in [3.05, 3.63) is 60.6 Å². The number of carbonyl (C=O) groups is 1. The first-order valence-corrected chi connectivity index (χ1v) is 12.3. The second-order valence-electron chi connectivity index (χ2n) is 8.38. The van der Waals surface area contributed by atoms with Crippen molar-refractivity contribution >= 4 is 28.4 Å². The highest BCUT2D eigenvalue weighted by atomic mass is 32.2. The number of phenolic OH excluding ortho intramolecular Hbond substituents is 1. The van der Waals surface area contributed by atoms with Gasteiger partial charge in [0.2, 0.25) is 5.91 Å². The van der Waals surface area contributed by atoms with Gasteiger partial charge in [-0.05, 0) is 47.9 Å². The van der Waals surface area contributed by atoms with Crippen molar-refractivity contribution in [1.82, 2.24) is 20.1 Å². The van der Waals surface area contributed by atoms with Crippen LogP contribution in [0.5, 0.6) is 5.75 Å². The molecule has 0 unspecified atom stereocenters. The molecular weight excluding hydrogens is 436 g/mol. The summed E-state index contributed by atoms with van der Waals surface area (Å²) in [5.74, 6) is 1.67. The van der Waals surface area contributed by atoms with E-state index in [0.717, 1.165) is 29.4 Å². The lowest BCUT2D eigenvalue weighted by atomic mass is 9.95. The lowest BCUT2D eigenvalue weighted by Gasteiger charge is -2.22. The number of carbonyl (C=O) groups excluding carboxylic acids is 1. The summed E-state index contributed by atoms with van der Waals surface area (Å²) >= 11 is 1.34. The molecule has 0 spiro atoms. The molecule has 0 radical (unpaired) electrons. The maximum Gasteiger partial charge on any atom is 0.230 e. The van der Waals surface area contributed by atoms with E-state index in [1.165, 1.54) is 31.0 Å². The number of fused-ring (bicyclic) bond motifs is 1. The molecule has 5 rings (SSSR count). The van der Waals surface area contributed by atoms with Gasteiger partial charge in [-0.15, -0.1) is 10.2 Å². The van der Waals surface area contributed by atoms with Gasteiger partial charge in [-0.1, -0.05) is 55.3 Å². The smallest absolute Gasteiger partial charge is 0.230 e. The van der Waals surface area contributed by atoms with Crippen LogP contribution in [0.25, 0.3) is 22.2 Å². The Balaban J connectivity index is 1.41. The Morgan fingerprint density at radius 3 is 2.64 bits per heavy atom. The van der Waals surface area contributed by atoms with Crippen LogP contribution in [-0.4, -0.2) is 37.6 Å². The standard InChI is InChI=1S/C25H26N4O3S/c30-22-14-18-8-5-4-7-17(18)13-21(22)24-27-28-25(29(24)15-20-11-6-12-32-20)33-16-23(31)26-19-9-2-1-3-10-19/h4-8,11-14,19,30H,1-3,9-10,15-16H2,(H,26,31). The van der Waals surface area contributed by atoms with Crippen LogP contribution in [0, 0.1) is 0 Å². The van der Waals surface area contributed by atoms with Gasteiger partial charge in [-0.3, -0.25) is 9.36 Å². The number of rotatable bonds is 7. The number of furan rings is 1. The van der Waals surface area contributed by atoms with E-state index in [9.17, 15) is 9.90 Å². The molecule has 7 nitrogen and oxygen atoms in total. The van der Waals surface area contributed by atoms with Gasteiger partial charge in [0, 0.05) is 6.04 Å². The van der Waals surface area contributed by atoms with Gasteiger partial charge in [0.25, 0.3) is 0 Å². The van der Waals surface area contributed by atoms with Gasteiger partial charge < -0.3 is 14.8 Å². The average Bonchev–Trinajstić information content (AvgIpc) is 3.48. The normalized spacial score (nSPS) is 14.5. The third-order valence-electron chi connectivity index (χ3n) is 6.02. The summed E-state index contributed by atoms with van der Waals surface area (Å²) in [4.78, 5) is 12.5. The van der Waals surface area contributed by atoms with E-state index in [0.29, 0.717) is 23.1 Å². The molecule has 170 valence electrons. The van der Waals surface area contributed by atoms with E-state index in [-0.39, 0.29) is 23.5 Å². The van der Waals surface area contributed by atoms with Crippen molar-refractivity contribution in [2.45, 2.75) is 49.8 Å². The van der Waals surface area contributed by atoms with Gasteiger partial charge in [-0.25, -0.2) is 0 Å². The second-order valence-corrected chi connectivity index (χ2v) is 9.32. The molecule has 1 saturated carbocycles. The summed E-state index contributed by atoms with van der Waals surface area (Å²) in [6.45, 7) is 0.397. The molecule has 0 saturated heterocycles. The molecule has 2 N–H and O–H groups in total. The lowest BCUT2D eigenvalue weighted by Crippen LogP contribution is -2.37. The molecule has 1 amide bonds. The number of phenols is 1. The minimum absolute atomic E-state index is 0.00884. The second kappa shape index (κ2) is 9.70. The number of amides is 1. The van der Waals surface area contributed by atoms with Gasteiger partial charge in [0.15, 0.2) is 11.0 Å². The van der Waals surface area contributed by atoms with E-state index < -0.39 is 0 Å². The molecule has 33 heavy (non-hydrogen) atoms. The Labute approximate surface area is 196 Å². The quantitative estimate of drug-likeness (QED) is 0.376. The van der Waals surface area contributed by atoms with Crippen LogP contribution in [-0.2, 0) is 11.3 Å². The Kier molecular flexibility index (Phi) is 6.35. The topological polar surface area (TPSA) is 93.2 Å². The largest absolute Gasteiger partial charge is 0.507 e. The fraction of sp³-hybridized carbons (Fsp3) is 0.320. The Bertz CT molecular complexity index is 1250. The zero-order valence-electron chi connectivity index (χ0n) is 18.2. The number of benzene rings is 2. The SMILES string of the molecule is O=C(CSc1nnc(-c2cc3ccccc3cc2O)n1Cc1ccco1)NC1CCCCC1. The number of thioether (sulfide) groups is 1. The van der Waals surface area contributed by atoms with E-state index in [1.807, 2.05) is 47.0 Å². The van der Waals surface area contributed by atoms with Gasteiger partial charge >= 0.3 is 0 Å². The summed E-state index contributed by atoms with van der Waals surface area (Å²) < 4.78 is 7.44. The third kappa shape index (κ3) is 4.90. The van der Waals surface area contributed by atoms with Crippen LogP contribution in [0.1, 0.15) is 37.9 Å². The molecule has 2 aromatic heterocycles. The zero-order valence-corrected chi connectivity index (χ0v) is 19.1. The van der Waals surface area contributed by atoms with Crippen LogP contribution in [0.4, 0.5) is 0 Å². The molecule has 0 aliphatic heterocycles. The third-order valence-corrected chi connectivity index (χ3v) is 6.99. The summed E-state index contributed by atoms with van der Waals surface area (Å²) in [7, 11) is 0. The first-order chi connectivity index (χ1) is 16.2. The van der Waals surface area contributed by atoms with E-state index >= 15 is 0 Å².